The Morgan fingerprint density at radius 3 is 3.00 bits per heavy atom. The summed E-state index contributed by atoms with van der Waals surface area (Å²) in [6.07, 6.45) is 2.98. The molecular formula is C15H24N4O. The molecular weight excluding hydrogens is 252 g/mol. The minimum Gasteiger partial charge on any atom is -0.384 e. The summed E-state index contributed by atoms with van der Waals surface area (Å²) in [5.74, 6) is 1.44. The highest BCUT2D eigenvalue weighted by Gasteiger charge is 2.31. The Morgan fingerprint density at radius 2 is 2.20 bits per heavy atom. The van der Waals surface area contributed by atoms with Gasteiger partial charge in [0.15, 0.2) is 0 Å². The van der Waals surface area contributed by atoms with Crippen LogP contribution in [0.5, 0.6) is 0 Å². The molecule has 0 spiro atoms. The van der Waals surface area contributed by atoms with Gasteiger partial charge in [-0.3, -0.25) is 0 Å². The monoisotopic (exact) mass is 276 g/mol. The number of hydrogen-bond donors (Lipinski definition) is 2. The number of ether oxygens (including phenoxy) is 1. The summed E-state index contributed by atoms with van der Waals surface area (Å²) in [6, 6.07) is 4.76. The van der Waals surface area contributed by atoms with Crippen molar-refractivity contribution in [2.45, 2.75) is 31.3 Å². The maximum absolute atomic E-state index is 6.18. The third kappa shape index (κ3) is 2.66. The maximum atomic E-state index is 6.18. The summed E-state index contributed by atoms with van der Waals surface area (Å²) >= 11 is 0. The van der Waals surface area contributed by atoms with Crippen LogP contribution >= 0.6 is 0 Å². The molecule has 2 heterocycles. The summed E-state index contributed by atoms with van der Waals surface area (Å²) < 4.78 is 5.24. The normalized spacial score (nSPS) is 29.6. The van der Waals surface area contributed by atoms with E-state index in [9.17, 15) is 0 Å². The summed E-state index contributed by atoms with van der Waals surface area (Å²) in [7, 11) is 1.73. The van der Waals surface area contributed by atoms with Crippen LogP contribution in [0, 0.1) is 5.92 Å². The van der Waals surface area contributed by atoms with Crippen LogP contribution in [-0.4, -0.2) is 43.9 Å². The lowest BCUT2D eigenvalue weighted by Crippen LogP contribution is -2.32. The molecule has 0 saturated carbocycles. The quantitative estimate of drug-likeness (QED) is 0.831. The average Bonchev–Trinajstić information content (AvgIpc) is 2.80. The molecule has 1 aromatic heterocycles. The molecule has 0 bridgehead atoms. The van der Waals surface area contributed by atoms with E-state index in [0.29, 0.717) is 12.0 Å². The molecule has 2 aliphatic rings. The van der Waals surface area contributed by atoms with Crippen LogP contribution in [0.15, 0.2) is 12.1 Å². The van der Waals surface area contributed by atoms with Crippen molar-refractivity contribution in [3.8, 4) is 0 Å². The van der Waals surface area contributed by atoms with Crippen LogP contribution in [0.4, 0.5) is 5.82 Å². The molecule has 110 valence electrons. The van der Waals surface area contributed by atoms with Gasteiger partial charge in [-0.1, -0.05) is 6.07 Å². The first-order chi connectivity index (χ1) is 9.67. The van der Waals surface area contributed by atoms with Crippen LogP contribution in [-0.2, 0) is 17.6 Å². The van der Waals surface area contributed by atoms with E-state index in [1.165, 1.54) is 11.3 Å². The van der Waals surface area contributed by atoms with Gasteiger partial charge in [0.2, 0.25) is 0 Å². The fourth-order valence-electron chi connectivity index (χ4n) is 3.28. The molecule has 1 fully saturated rings. The van der Waals surface area contributed by atoms with Gasteiger partial charge in [-0.2, -0.15) is 0 Å². The van der Waals surface area contributed by atoms with Crippen molar-refractivity contribution in [2.24, 2.45) is 17.4 Å². The van der Waals surface area contributed by atoms with E-state index in [-0.39, 0.29) is 6.04 Å². The van der Waals surface area contributed by atoms with Crippen molar-refractivity contribution in [3.05, 3.63) is 23.4 Å². The van der Waals surface area contributed by atoms with E-state index in [0.717, 1.165) is 44.8 Å². The Kier molecular flexibility index (Phi) is 3.92. The van der Waals surface area contributed by atoms with Crippen molar-refractivity contribution in [1.82, 2.24) is 4.98 Å². The predicted octanol–water partition coefficient (Wildman–Crippen LogP) is 0.308. The topological polar surface area (TPSA) is 77.4 Å². The largest absolute Gasteiger partial charge is 0.384 e. The fourth-order valence-corrected chi connectivity index (χ4v) is 3.28. The molecule has 5 heteroatoms. The second-order valence-electron chi connectivity index (χ2n) is 6.06. The molecule has 0 amide bonds. The van der Waals surface area contributed by atoms with Gasteiger partial charge in [-0.25, -0.2) is 4.98 Å². The molecule has 5 nitrogen and oxygen atoms in total. The number of rotatable bonds is 3. The lowest BCUT2D eigenvalue weighted by atomic mass is 9.92. The number of nitrogens with zero attached hydrogens (tertiary/aromatic N) is 2. The van der Waals surface area contributed by atoms with Gasteiger partial charge >= 0.3 is 0 Å². The number of fused-ring (bicyclic) bond motifs is 1. The van der Waals surface area contributed by atoms with Gasteiger partial charge < -0.3 is 21.1 Å². The van der Waals surface area contributed by atoms with E-state index in [2.05, 4.69) is 17.0 Å². The zero-order valence-corrected chi connectivity index (χ0v) is 12.1. The molecule has 1 saturated heterocycles. The third-order valence-electron chi connectivity index (χ3n) is 4.48. The average molecular weight is 276 g/mol. The number of aryl methyl sites for hydroxylation is 1. The molecule has 0 aromatic carbocycles. The third-order valence-corrected chi connectivity index (χ3v) is 4.48. The summed E-state index contributed by atoms with van der Waals surface area (Å²) in [4.78, 5) is 7.11. The zero-order valence-electron chi connectivity index (χ0n) is 12.1. The zero-order chi connectivity index (χ0) is 14.1. The molecule has 3 rings (SSSR count). The number of pyridine rings is 1. The number of nitrogens with two attached hydrogens (primary N) is 2. The SMILES string of the molecule is COC[C@@H]1CN(c2ccc3c(n2)CC[C@H](N)C3)C[C@@H]1N. The van der Waals surface area contributed by atoms with Crippen LogP contribution in [0.25, 0.3) is 0 Å². The highest BCUT2D eigenvalue weighted by Crippen LogP contribution is 2.26. The van der Waals surface area contributed by atoms with Crippen molar-refractivity contribution in [2.75, 3.05) is 31.7 Å². The first kappa shape index (κ1) is 13.8. The Balaban J connectivity index is 1.75. The minimum atomic E-state index is 0.168. The fraction of sp³-hybridized carbons (Fsp3) is 0.667. The van der Waals surface area contributed by atoms with Crippen LogP contribution < -0.4 is 16.4 Å². The Bertz CT molecular complexity index is 479. The number of hydrogen-bond acceptors (Lipinski definition) is 5. The number of aromatic nitrogens is 1. The first-order valence-electron chi connectivity index (χ1n) is 7.41. The Labute approximate surface area is 120 Å². The van der Waals surface area contributed by atoms with Crippen LogP contribution in [0.2, 0.25) is 0 Å². The molecule has 3 atom stereocenters. The van der Waals surface area contributed by atoms with Crippen molar-refractivity contribution in [3.63, 3.8) is 0 Å². The lowest BCUT2D eigenvalue weighted by Gasteiger charge is -2.24. The highest BCUT2D eigenvalue weighted by molar-refractivity contribution is 5.44. The second-order valence-corrected chi connectivity index (χ2v) is 6.06. The summed E-state index contributed by atoms with van der Waals surface area (Å²) in [6.45, 7) is 2.51. The minimum absolute atomic E-state index is 0.168. The summed E-state index contributed by atoms with van der Waals surface area (Å²) in [5.41, 5.74) is 14.7. The van der Waals surface area contributed by atoms with E-state index in [1.807, 2.05) is 0 Å². The van der Waals surface area contributed by atoms with E-state index >= 15 is 0 Å². The number of methoxy groups -OCH3 is 1. The van der Waals surface area contributed by atoms with Gasteiger partial charge in [0.05, 0.1) is 6.61 Å². The summed E-state index contributed by atoms with van der Waals surface area (Å²) in [5, 5.41) is 0. The molecule has 1 aromatic rings. The molecule has 0 unspecified atom stereocenters. The van der Waals surface area contributed by atoms with Gasteiger partial charge in [0.1, 0.15) is 5.82 Å². The van der Waals surface area contributed by atoms with E-state index < -0.39 is 0 Å². The Hall–Kier alpha value is -1.17. The maximum Gasteiger partial charge on any atom is 0.128 e. The molecule has 1 aliphatic carbocycles. The second kappa shape index (κ2) is 5.68. The lowest BCUT2D eigenvalue weighted by molar-refractivity contribution is 0.154. The molecule has 1 aliphatic heterocycles. The van der Waals surface area contributed by atoms with Crippen molar-refractivity contribution < 1.29 is 4.74 Å². The van der Waals surface area contributed by atoms with Crippen molar-refractivity contribution >= 4 is 5.82 Å². The van der Waals surface area contributed by atoms with Crippen LogP contribution in [0.3, 0.4) is 0 Å². The van der Waals surface area contributed by atoms with Gasteiger partial charge in [-0.15, -0.1) is 0 Å². The smallest absolute Gasteiger partial charge is 0.128 e. The van der Waals surface area contributed by atoms with Crippen molar-refractivity contribution in [1.29, 1.82) is 0 Å². The number of anilines is 1. The van der Waals surface area contributed by atoms with Crippen LogP contribution in [0.1, 0.15) is 17.7 Å². The van der Waals surface area contributed by atoms with E-state index in [1.54, 1.807) is 7.11 Å². The predicted molar refractivity (Wildman–Crippen MR) is 79.8 cm³/mol. The first-order valence-corrected chi connectivity index (χ1v) is 7.41. The Morgan fingerprint density at radius 1 is 1.35 bits per heavy atom. The van der Waals surface area contributed by atoms with Gasteiger partial charge in [0.25, 0.3) is 0 Å². The standard InChI is InChI=1S/C15H24N4O/c1-20-9-11-7-19(8-13(11)17)15-5-2-10-6-12(16)3-4-14(10)18-15/h2,5,11-13H,3-4,6-9,16-17H2,1H3/t11-,12-,13-/m0/s1. The van der Waals surface area contributed by atoms with Gasteiger partial charge in [0, 0.05) is 43.9 Å². The van der Waals surface area contributed by atoms with E-state index in [4.69, 9.17) is 21.2 Å². The molecule has 0 radical (unpaired) electrons. The molecule has 20 heavy (non-hydrogen) atoms. The molecule has 4 N–H and O–H groups in total. The highest BCUT2D eigenvalue weighted by atomic mass is 16.5. The van der Waals surface area contributed by atoms with Gasteiger partial charge in [-0.05, 0) is 30.9 Å².